The first-order valence-corrected chi connectivity index (χ1v) is 11.6. The number of H-pyrrole nitrogens is 1. The molecule has 176 valence electrons. The van der Waals surface area contributed by atoms with Crippen LogP contribution in [-0.2, 0) is 9.53 Å². The van der Waals surface area contributed by atoms with Gasteiger partial charge in [-0.1, -0.05) is 26.8 Å². The number of aliphatic carboxylic acids is 1. The lowest BCUT2D eigenvalue weighted by molar-refractivity contribution is -0.137. The highest BCUT2D eigenvalue weighted by atomic mass is 35.5. The fourth-order valence-corrected chi connectivity index (χ4v) is 4.56. The summed E-state index contributed by atoms with van der Waals surface area (Å²) in [5.41, 5.74) is 2.87. The van der Waals surface area contributed by atoms with Crippen LogP contribution in [0.15, 0.2) is 18.2 Å². The fourth-order valence-electron chi connectivity index (χ4n) is 4.44. The monoisotopic (exact) mass is 463 g/mol. The molecule has 0 spiro atoms. The van der Waals surface area contributed by atoms with Gasteiger partial charge >= 0.3 is 5.97 Å². The Balaban J connectivity index is 1.96. The highest BCUT2D eigenvalue weighted by Crippen LogP contribution is 2.37. The van der Waals surface area contributed by atoms with Crippen LogP contribution in [-0.4, -0.2) is 52.1 Å². The predicted octanol–water partition coefficient (Wildman–Crippen LogP) is 5.20. The molecule has 1 aromatic carbocycles. The number of carbonyl (C=O) groups is 1. The van der Waals surface area contributed by atoms with E-state index >= 15 is 0 Å². The lowest BCUT2D eigenvalue weighted by Gasteiger charge is -2.40. The summed E-state index contributed by atoms with van der Waals surface area (Å²) in [7, 11) is 1.79. The smallest absolute Gasteiger partial charge is 0.303 e. The Hall–Kier alpha value is -2.32. The van der Waals surface area contributed by atoms with Crippen LogP contribution < -0.4 is 10.2 Å². The van der Waals surface area contributed by atoms with E-state index in [4.69, 9.17) is 16.3 Å². The molecule has 0 aliphatic heterocycles. The number of carboxylic acid groups (broad SMARTS) is 1. The van der Waals surface area contributed by atoms with E-state index in [2.05, 4.69) is 45.3 Å². The Morgan fingerprint density at radius 3 is 2.59 bits per heavy atom. The van der Waals surface area contributed by atoms with Crippen molar-refractivity contribution in [2.45, 2.75) is 70.9 Å². The molecule has 8 nitrogen and oxygen atoms in total. The Morgan fingerprint density at radius 2 is 2.03 bits per heavy atom. The number of ether oxygens (including phenoxy) is 1. The van der Waals surface area contributed by atoms with Gasteiger partial charge in [-0.05, 0) is 66.8 Å². The third-order valence-electron chi connectivity index (χ3n) is 6.06. The number of anilines is 3. The Kier molecular flexibility index (Phi) is 8.37. The Morgan fingerprint density at radius 1 is 1.31 bits per heavy atom. The summed E-state index contributed by atoms with van der Waals surface area (Å²) < 4.78 is 5.57. The van der Waals surface area contributed by atoms with E-state index in [1.807, 2.05) is 19.1 Å². The van der Waals surface area contributed by atoms with Gasteiger partial charge in [-0.3, -0.25) is 4.79 Å². The zero-order valence-corrected chi connectivity index (χ0v) is 20.0. The molecule has 0 bridgehead atoms. The first-order valence-electron chi connectivity index (χ1n) is 11.3. The van der Waals surface area contributed by atoms with Crippen molar-refractivity contribution in [3.8, 4) is 0 Å². The summed E-state index contributed by atoms with van der Waals surface area (Å²) in [6.07, 6.45) is 4.62. The average Bonchev–Trinajstić information content (AvgIpc) is 3.16. The van der Waals surface area contributed by atoms with Crippen LogP contribution in [0.25, 0.3) is 0 Å². The summed E-state index contributed by atoms with van der Waals surface area (Å²) in [5.74, 6) is -0.0693. The molecule has 1 heterocycles. The molecular weight excluding hydrogens is 430 g/mol. The summed E-state index contributed by atoms with van der Waals surface area (Å²) in [6, 6.07) is 6.55. The summed E-state index contributed by atoms with van der Waals surface area (Å²) in [5, 5.41) is 19.5. The third kappa shape index (κ3) is 6.36. The maximum Gasteiger partial charge on any atom is 0.303 e. The third-order valence-corrected chi connectivity index (χ3v) is 6.23. The van der Waals surface area contributed by atoms with Crippen molar-refractivity contribution in [1.82, 2.24) is 15.2 Å². The summed E-state index contributed by atoms with van der Waals surface area (Å²) in [4.78, 5) is 17.9. The summed E-state index contributed by atoms with van der Waals surface area (Å²) >= 11 is 5.93. The average molecular weight is 464 g/mol. The molecule has 0 unspecified atom stereocenters. The number of hydrogen-bond donors (Lipinski definition) is 3. The molecule has 0 amide bonds. The van der Waals surface area contributed by atoms with Crippen LogP contribution in [0.1, 0.15) is 64.4 Å². The Bertz CT molecular complexity index is 896. The molecule has 3 N–H and O–H groups in total. The number of methoxy groups -OCH3 is 1. The minimum atomic E-state index is -0.812. The number of aromatic amines is 1. The van der Waals surface area contributed by atoms with Crippen molar-refractivity contribution >= 4 is 34.9 Å². The number of nitrogens with zero attached hydrogens (tertiary/aromatic N) is 3. The maximum absolute atomic E-state index is 11.2. The number of nitrogens with one attached hydrogen (secondary N) is 2. The molecule has 32 heavy (non-hydrogen) atoms. The molecule has 1 saturated carbocycles. The molecule has 0 radical (unpaired) electrons. The minimum Gasteiger partial charge on any atom is -0.481 e. The van der Waals surface area contributed by atoms with E-state index in [1.54, 1.807) is 7.11 Å². The van der Waals surface area contributed by atoms with Crippen LogP contribution in [0.3, 0.4) is 0 Å². The van der Waals surface area contributed by atoms with Gasteiger partial charge in [0.2, 0.25) is 11.2 Å². The van der Waals surface area contributed by atoms with Crippen LogP contribution in [0.2, 0.25) is 5.28 Å². The van der Waals surface area contributed by atoms with Crippen molar-refractivity contribution in [2.24, 2.45) is 5.92 Å². The van der Waals surface area contributed by atoms with Gasteiger partial charge in [0.25, 0.3) is 0 Å². The normalized spacial score (nSPS) is 19.7. The summed E-state index contributed by atoms with van der Waals surface area (Å²) in [6.45, 7) is 7.28. The van der Waals surface area contributed by atoms with Crippen molar-refractivity contribution in [2.75, 3.05) is 23.9 Å². The molecule has 1 aliphatic carbocycles. The number of carboxylic acids is 1. The zero-order chi connectivity index (χ0) is 23.3. The quantitative estimate of drug-likeness (QED) is 0.444. The topological polar surface area (TPSA) is 103 Å². The largest absolute Gasteiger partial charge is 0.481 e. The maximum atomic E-state index is 11.2. The van der Waals surface area contributed by atoms with E-state index in [9.17, 15) is 9.90 Å². The number of aromatic nitrogens is 3. The van der Waals surface area contributed by atoms with Gasteiger partial charge in [0.05, 0.1) is 23.9 Å². The highest BCUT2D eigenvalue weighted by Gasteiger charge is 2.28. The molecule has 3 rings (SSSR count). The molecule has 1 atom stereocenters. The first kappa shape index (κ1) is 24.3. The van der Waals surface area contributed by atoms with Crippen molar-refractivity contribution < 1.29 is 14.6 Å². The molecule has 1 aromatic heterocycles. The molecule has 2 aromatic rings. The predicted molar refractivity (Wildman–Crippen MR) is 127 cm³/mol. The van der Waals surface area contributed by atoms with Crippen molar-refractivity contribution in [3.05, 3.63) is 29.0 Å². The van der Waals surface area contributed by atoms with E-state index < -0.39 is 5.97 Å². The van der Waals surface area contributed by atoms with Crippen molar-refractivity contribution in [1.29, 1.82) is 0 Å². The number of hydrogen-bond acceptors (Lipinski definition) is 6. The lowest BCUT2D eigenvalue weighted by atomic mass is 9.90. The number of halogens is 1. The first-order chi connectivity index (χ1) is 15.3. The van der Waals surface area contributed by atoms with E-state index in [0.717, 1.165) is 49.2 Å². The van der Waals surface area contributed by atoms with Gasteiger partial charge in [0.1, 0.15) is 0 Å². The number of benzene rings is 1. The molecule has 1 fully saturated rings. The van der Waals surface area contributed by atoms with Gasteiger partial charge in [0, 0.05) is 19.7 Å². The van der Waals surface area contributed by atoms with Gasteiger partial charge in [-0.15, -0.1) is 5.10 Å². The molecule has 0 saturated heterocycles. The second-order valence-electron chi connectivity index (χ2n) is 9.06. The molecule has 9 heteroatoms. The second-order valence-corrected chi connectivity index (χ2v) is 9.42. The minimum absolute atomic E-state index is 0.0714. The van der Waals surface area contributed by atoms with Crippen LogP contribution >= 0.6 is 11.6 Å². The van der Waals surface area contributed by atoms with Gasteiger partial charge < -0.3 is 20.1 Å². The van der Waals surface area contributed by atoms with E-state index in [1.165, 1.54) is 0 Å². The number of rotatable bonds is 10. The van der Waals surface area contributed by atoms with Gasteiger partial charge in [0.15, 0.2) is 0 Å². The SMILES string of the molecule is CO[C@H]1CC[C@@H](N(CC(C)C)c2ccc([C@H](C)CC(=O)O)cc2Nc2n[nH]c(Cl)n2)CC1. The Labute approximate surface area is 194 Å². The standard InChI is InChI=1S/C23H34ClN5O3/c1-14(2)13-29(17-6-8-18(32-4)9-7-17)20-10-5-16(15(3)11-21(30)31)12-19(20)25-23-26-22(24)27-28-23/h5,10,12,14-15,17-18H,6-9,11,13H2,1-4H3,(H,30,31)(H2,25,26,27,28)/t15-,17-,18+/m1/s1. The zero-order valence-electron chi connectivity index (χ0n) is 19.3. The van der Waals surface area contributed by atoms with Crippen LogP contribution in [0.5, 0.6) is 0 Å². The van der Waals surface area contributed by atoms with Gasteiger partial charge in [-0.2, -0.15) is 4.98 Å². The lowest BCUT2D eigenvalue weighted by Crippen LogP contribution is -2.41. The second kappa shape index (κ2) is 11.0. The molecular formula is C23H34ClN5O3. The van der Waals surface area contributed by atoms with Crippen LogP contribution in [0, 0.1) is 5.92 Å². The van der Waals surface area contributed by atoms with Gasteiger partial charge in [-0.25, -0.2) is 5.10 Å². The van der Waals surface area contributed by atoms with Crippen molar-refractivity contribution in [3.63, 3.8) is 0 Å². The van der Waals surface area contributed by atoms with E-state index in [0.29, 0.717) is 24.0 Å². The fraction of sp³-hybridized carbons (Fsp3) is 0.609. The van der Waals surface area contributed by atoms with Crippen LogP contribution in [0.4, 0.5) is 17.3 Å². The molecule has 1 aliphatic rings. The highest BCUT2D eigenvalue weighted by molar-refractivity contribution is 6.28. The van der Waals surface area contributed by atoms with E-state index in [-0.39, 0.29) is 17.6 Å².